The van der Waals surface area contributed by atoms with E-state index in [1.54, 1.807) is 7.11 Å². The number of aryl methyl sites for hydroxylation is 1. The quantitative estimate of drug-likeness (QED) is 0.433. The minimum atomic E-state index is -3.77. The van der Waals surface area contributed by atoms with Gasteiger partial charge in [0, 0.05) is 6.54 Å². The lowest BCUT2D eigenvalue weighted by Gasteiger charge is -2.23. The summed E-state index contributed by atoms with van der Waals surface area (Å²) in [4.78, 5) is 12.3. The number of nitrogens with one attached hydrogen (secondary N) is 1. The molecule has 0 unspecified atom stereocenters. The van der Waals surface area contributed by atoms with Gasteiger partial charge in [0.05, 0.1) is 34.1 Å². The van der Waals surface area contributed by atoms with Crippen molar-refractivity contribution in [3.8, 4) is 5.75 Å². The number of hydrogen-bond donors (Lipinski definition) is 1. The minimum Gasteiger partial charge on any atom is -0.497 e. The molecule has 10 heteroatoms. The number of methoxy groups -OCH3 is 1. The van der Waals surface area contributed by atoms with Gasteiger partial charge in [-0.2, -0.15) is 0 Å². The second-order valence-electron chi connectivity index (χ2n) is 6.29. The Morgan fingerprint density at radius 1 is 1.07 bits per heavy atom. The van der Waals surface area contributed by atoms with Crippen LogP contribution in [0.5, 0.6) is 5.75 Å². The molecule has 0 radical (unpaired) electrons. The number of anilines is 1. The van der Waals surface area contributed by atoms with Gasteiger partial charge >= 0.3 is 0 Å². The average molecular weight is 480 g/mol. The van der Waals surface area contributed by atoms with E-state index >= 15 is 0 Å². The second-order valence-corrected chi connectivity index (χ2v) is 9.42. The molecular weight excluding hydrogens is 459 g/mol. The van der Waals surface area contributed by atoms with E-state index in [0.717, 1.165) is 28.3 Å². The van der Waals surface area contributed by atoms with E-state index in [9.17, 15) is 13.2 Å². The Balaban J connectivity index is 1.96. The average Bonchev–Trinajstić information content (AvgIpc) is 2.66. The summed E-state index contributed by atoms with van der Waals surface area (Å²) in [6, 6.07) is 10.3. The third-order valence-electron chi connectivity index (χ3n) is 4.07. The van der Waals surface area contributed by atoms with Crippen molar-refractivity contribution in [1.82, 2.24) is 5.32 Å². The number of carbonyl (C=O) groups is 1. The molecule has 2 rings (SSSR count). The molecule has 0 atom stereocenters. The highest BCUT2D eigenvalue weighted by Gasteiger charge is 2.24. The first-order chi connectivity index (χ1) is 13.6. The fourth-order valence-electron chi connectivity index (χ4n) is 2.58. The molecule has 0 aliphatic heterocycles. The van der Waals surface area contributed by atoms with Gasteiger partial charge in [-0.25, -0.2) is 8.42 Å². The van der Waals surface area contributed by atoms with Crippen molar-refractivity contribution < 1.29 is 17.9 Å². The van der Waals surface area contributed by atoms with E-state index in [4.69, 9.17) is 39.5 Å². The molecule has 0 saturated heterocycles. The van der Waals surface area contributed by atoms with Crippen molar-refractivity contribution in [3.63, 3.8) is 0 Å². The fourth-order valence-corrected chi connectivity index (χ4v) is 4.14. The standard InChI is InChI=1S/C19H21Cl3N2O4S/c1-28-14-7-5-13(6-8-14)4-3-9-23-19(25)12-24(29(2,26)27)18-11-16(21)15(20)10-17(18)22/h5-8,10-11H,3-4,9,12H2,1-2H3,(H,23,25). The van der Waals surface area contributed by atoms with Gasteiger partial charge in [-0.1, -0.05) is 46.9 Å². The van der Waals surface area contributed by atoms with Crippen LogP contribution in [0.3, 0.4) is 0 Å². The third-order valence-corrected chi connectivity index (χ3v) is 6.22. The number of rotatable bonds is 9. The SMILES string of the molecule is COc1ccc(CCCNC(=O)CN(c2cc(Cl)c(Cl)cc2Cl)S(C)(=O)=O)cc1. The van der Waals surface area contributed by atoms with Crippen LogP contribution in [0.15, 0.2) is 36.4 Å². The van der Waals surface area contributed by atoms with E-state index < -0.39 is 22.5 Å². The van der Waals surface area contributed by atoms with E-state index in [1.165, 1.54) is 12.1 Å². The van der Waals surface area contributed by atoms with Crippen molar-refractivity contribution in [2.45, 2.75) is 12.8 Å². The molecule has 0 heterocycles. The first-order valence-corrected chi connectivity index (χ1v) is 11.6. The van der Waals surface area contributed by atoms with Gasteiger partial charge in [-0.3, -0.25) is 9.10 Å². The highest BCUT2D eigenvalue weighted by Crippen LogP contribution is 2.35. The largest absolute Gasteiger partial charge is 0.497 e. The summed E-state index contributed by atoms with van der Waals surface area (Å²) in [6.07, 6.45) is 2.45. The van der Waals surface area contributed by atoms with Gasteiger partial charge in [0.15, 0.2) is 0 Å². The molecule has 6 nitrogen and oxygen atoms in total. The normalized spacial score (nSPS) is 11.2. The summed E-state index contributed by atoms with van der Waals surface area (Å²) in [5.41, 5.74) is 1.21. The van der Waals surface area contributed by atoms with E-state index in [2.05, 4.69) is 5.32 Å². The number of sulfonamides is 1. The summed E-state index contributed by atoms with van der Waals surface area (Å²) in [5.74, 6) is 0.330. The van der Waals surface area contributed by atoms with Crippen molar-refractivity contribution >= 4 is 56.4 Å². The molecule has 0 fully saturated rings. The predicted molar refractivity (Wildman–Crippen MR) is 118 cm³/mol. The Hall–Kier alpha value is -1.67. The van der Waals surface area contributed by atoms with E-state index in [0.29, 0.717) is 13.0 Å². The molecule has 1 N–H and O–H groups in total. The Bertz CT molecular complexity index is 966. The van der Waals surface area contributed by atoms with Crippen molar-refractivity contribution in [1.29, 1.82) is 0 Å². The molecule has 1 amide bonds. The number of hydrogen-bond acceptors (Lipinski definition) is 4. The first kappa shape index (κ1) is 23.6. The molecule has 2 aromatic carbocycles. The van der Waals surface area contributed by atoms with Crippen molar-refractivity contribution in [3.05, 3.63) is 57.0 Å². The number of benzene rings is 2. The van der Waals surface area contributed by atoms with E-state index in [-0.39, 0.29) is 20.8 Å². The van der Waals surface area contributed by atoms with Gasteiger partial charge in [0.2, 0.25) is 15.9 Å². The lowest BCUT2D eigenvalue weighted by Crippen LogP contribution is -2.40. The van der Waals surface area contributed by atoms with Crippen LogP contribution in [0.4, 0.5) is 5.69 Å². The Labute approximate surface area is 185 Å². The van der Waals surface area contributed by atoms with Gasteiger partial charge < -0.3 is 10.1 Å². The van der Waals surface area contributed by atoms with Crippen LogP contribution in [0.2, 0.25) is 15.1 Å². The van der Waals surface area contributed by atoms with Crippen LogP contribution in [0, 0.1) is 0 Å². The Morgan fingerprint density at radius 3 is 2.28 bits per heavy atom. The van der Waals surface area contributed by atoms with Gasteiger partial charge in [-0.15, -0.1) is 0 Å². The minimum absolute atomic E-state index is 0.0807. The van der Waals surface area contributed by atoms with Gasteiger partial charge in [0.25, 0.3) is 0 Å². The molecule has 0 saturated carbocycles. The second kappa shape index (κ2) is 10.4. The smallest absolute Gasteiger partial charge is 0.240 e. The molecule has 158 valence electrons. The molecule has 0 aromatic heterocycles. The molecular formula is C19H21Cl3N2O4S. The summed E-state index contributed by atoms with van der Waals surface area (Å²) in [7, 11) is -2.16. The zero-order chi connectivity index (χ0) is 21.6. The monoisotopic (exact) mass is 478 g/mol. The van der Waals surface area contributed by atoms with Crippen LogP contribution in [0.1, 0.15) is 12.0 Å². The number of nitrogens with zero attached hydrogens (tertiary/aromatic N) is 1. The molecule has 0 spiro atoms. The summed E-state index contributed by atoms with van der Waals surface area (Å²) in [6.45, 7) is -0.0172. The van der Waals surface area contributed by atoms with Gasteiger partial charge in [0.1, 0.15) is 12.3 Å². The van der Waals surface area contributed by atoms with E-state index in [1.807, 2.05) is 24.3 Å². The molecule has 2 aromatic rings. The number of halogens is 3. The zero-order valence-corrected chi connectivity index (χ0v) is 19.0. The van der Waals surface area contributed by atoms with Crippen molar-refractivity contribution in [2.24, 2.45) is 0 Å². The summed E-state index contributed by atoms with van der Waals surface area (Å²) >= 11 is 18.0. The lowest BCUT2D eigenvalue weighted by molar-refractivity contribution is -0.119. The first-order valence-electron chi connectivity index (χ1n) is 8.63. The highest BCUT2D eigenvalue weighted by molar-refractivity contribution is 7.92. The predicted octanol–water partition coefficient (Wildman–Crippen LogP) is 4.17. The molecule has 0 aliphatic rings. The van der Waals surface area contributed by atoms with Crippen LogP contribution in [0.25, 0.3) is 0 Å². The van der Waals surface area contributed by atoms with Crippen molar-refractivity contribution in [2.75, 3.05) is 30.8 Å². The van der Waals surface area contributed by atoms with Crippen LogP contribution in [-0.4, -0.2) is 40.8 Å². The van der Waals surface area contributed by atoms with Crippen LogP contribution < -0.4 is 14.4 Å². The number of carbonyl (C=O) groups excluding carboxylic acids is 1. The maximum absolute atomic E-state index is 12.3. The molecule has 0 aliphatic carbocycles. The van der Waals surface area contributed by atoms with Crippen LogP contribution in [-0.2, 0) is 21.2 Å². The number of amides is 1. The van der Waals surface area contributed by atoms with Crippen LogP contribution >= 0.6 is 34.8 Å². The van der Waals surface area contributed by atoms with Gasteiger partial charge in [-0.05, 0) is 42.7 Å². The molecule has 29 heavy (non-hydrogen) atoms. The maximum atomic E-state index is 12.3. The molecule has 0 bridgehead atoms. The summed E-state index contributed by atoms with van der Waals surface area (Å²) in [5, 5.41) is 3.13. The topological polar surface area (TPSA) is 75.7 Å². The fraction of sp³-hybridized carbons (Fsp3) is 0.316. The summed E-state index contributed by atoms with van der Waals surface area (Å²) < 4.78 is 30.4. The zero-order valence-electron chi connectivity index (χ0n) is 15.9. The maximum Gasteiger partial charge on any atom is 0.240 e. The Morgan fingerprint density at radius 2 is 1.69 bits per heavy atom. The highest BCUT2D eigenvalue weighted by atomic mass is 35.5. The Kier molecular flexibility index (Phi) is 8.46. The lowest BCUT2D eigenvalue weighted by atomic mass is 10.1. The number of ether oxygens (including phenoxy) is 1. The third kappa shape index (κ3) is 6.96.